The molecule has 0 radical (unpaired) electrons. The number of sulfone groups is 1. The largest absolute Gasteiger partial charge is 0.478 e. The van der Waals surface area contributed by atoms with Gasteiger partial charge >= 0.3 is 5.97 Å². The van der Waals surface area contributed by atoms with Crippen molar-refractivity contribution in [1.29, 1.82) is 0 Å². The fourth-order valence-electron chi connectivity index (χ4n) is 1.85. The lowest BCUT2D eigenvalue weighted by molar-refractivity contribution is 0.0696. The molecular weight excluding hydrogens is 317 g/mol. The van der Waals surface area contributed by atoms with Crippen LogP contribution < -0.4 is 0 Å². The summed E-state index contributed by atoms with van der Waals surface area (Å²) in [6, 6.07) is 1.79. The van der Waals surface area contributed by atoms with Crippen LogP contribution in [0.2, 0.25) is 0 Å². The van der Waals surface area contributed by atoms with Gasteiger partial charge in [-0.2, -0.15) is 0 Å². The van der Waals surface area contributed by atoms with Gasteiger partial charge in [0.25, 0.3) is 0 Å². The highest BCUT2D eigenvalue weighted by atomic mass is 32.2. The molecule has 1 N–H and O–H groups in total. The fraction of sp³-hybridized carbons (Fsp3) is 0.231. The fourth-order valence-corrected chi connectivity index (χ4v) is 4.13. The molecule has 0 aliphatic rings. The maximum atomic E-state index is 13.7. The number of halogens is 1. The molecule has 21 heavy (non-hydrogen) atoms. The van der Waals surface area contributed by atoms with Crippen LogP contribution in [0.15, 0.2) is 22.4 Å². The molecule has 112 valence electrons. The van der Waals surface area contributed by atoms with Gasteiger partial charge in [-0.05, 0) is 26.0 Å². The second-order valence-electron chi connectivity index (χ2n) is 4.50. The average Bonchev–Trinajstić information content (AvgIpc) is 2.76. The van der Waals surface area contributed by atoms with E-state index in [1.54, 1.807) is 12.3 Å². The number of hydrogen-bond acceptors (Lipinski definition) is 5. The number of thiazole rings is 1. The Hall–Kier alpha value is -1.80. The van der Waals surface area contributed by atoms with Crippen molar-refractivity contribution in [3.05, 3.63) is 45.2 Å². The number of aromatic nitrogens is 1. The van der Waals surface area contributed by atoms with Crippen LogP contribution in [0.5, 0.6) is 0 Å². The summed E-state index contributed by atoms with van der Waals surface area (Å²) in [5.74, 6) is -2.63. The van der Waals surface area contributed by atoms with Gasteiger partial charge in [0.1, 0.15) is 5.82 Å². The maximum absolute atomic E-state index is 13.7. The molecule has 0 saturated heterocycles. The molecule has 0 spiro atoms. The van der Waals surface area contributed by atoms with Crippen LogP contribution in [0, 0.1) is 19.7 Å². The van der Waals surface area contributed by atoms with Gasteiger partial charge in [0.05, 0.1) is 26.9 Å². The van der Waals surface area contributed by atoms with E-state index < -0.39 is 27.2 Å². The number of hydrogen-bond donors (Lipinski definition) is 1. The number of carboxylic acid groups (broad SMARTS) is 1. The lowest BCUT2D eigenvalue weighted by Gasteiger charge is -2.09. The van der Waals surface area contributed by atoms with E-state index in [1.807, 2.05) is 0 Å². The third-order valence-corrected chi connectivity index (χ3v) is 5.48. The van der Waals surface area contributed by atoms with Gasteiger partial charge in [0.15, 0.2) is 9.84 Å². The summed E-state index contributed by atoms with van der Waals surface area (Å²) < 4.78 is 38.5. The van der Waals surface area contributed by atoms with E-state index >= 15 is 0 Å². The van der Waals surface area contributed by atoms with E-state index in [0.29, 0.717) is 5.69 Å². The lowest BCUT2D eigenvalue weighted by atomic mass is 10.1. The summed E-state index contributed by atoms with van der Waals surface area (Å²) in [4.78, 5) is 14.7. The highest BCUT2D eigenvalue weighted by Crippen LogP contribution is 2.24. The van der Waals surface area contributed by atoms with Crippen molar-refractivity contribution in [3.63, 3.8) is 0 Å². The number of aromatic carboxylic acids is 1. The first-order chi connectivity index (χ1) is 9.70. The summed E-state index contributed by atoms with van der Waals surface area (Å²) in [6.07, 6.45) is 0. The number of rotatable bonds is 4. The van der Waals surface area contributed by atoms with Crippen LogP contribution in [0.3, 0.4) is 0 Å². The van der Waals surface area contributed by atoms with Gasteiger partial charge in [-0.25, -0.2) is 22.6 Å². The number of carbonyl (C=O) groups is 1. The van der Waals surface area contributed by atoms with Crippen LogP contribution in [-0.2, 0) is 15.6 Å². The molecule has 0 fully saturated rings. The lowest BCUT2D eigenvalue weighted by Crippen LogP contribution is -2.10. The second-order valence-corrected chi connectivity index (χ2v) is 7.52. The maximum Gasteiger partial charge on any atom is 0.335 e. The molecule has 1 heterocycles. The molecule has 0 atom stereocenters. The molecule has 2 rings (SSSR count). The quantitative estimate of drug-likeness (QED) is 0.932. The van der Waals surface area contributed by atoms with Crippen molar-refractivity contribution >= 4 is 27.1 Å². The summed E-state index contributed by atoms with van der Waals surface area (Å²) in [7, 11) is -3.87. The van der Waals surface area contributed by atoms with E-state index in [4.69, 9.17) is 5.11 Å². The monoisotopic (exact) mass is 329 g/mol. The molecule has 1 aromatic carbocycles. The van der Waals surface area contributed by atoms with Crippen LogP contribution >= 0.6 is 11.3 Å². The molecule has 0 aliphatic carbocycles. The van der Waals surface area contributed by atoms with Gasteiger partial charge in [-0.3, -0.25) is 0 Å². The van der Waals surface area contributed by atoms with Crippen LogP contribution in [0.1, 0.15) is 26.6 Å². The molecule has 0 saturated carbocycles. The van der Waals surface area contributed by atoms with Crippen molar-refractivity contribution < 1.29 is 22.7 Å². The smallest absolute Gasteiger partial charge is 0.335 e. The zero-order valence-electron chi connectivity index (χ0n) is 11.3. The van der Waals surface area contributed by atoms with Crippen molar-refractivity contribution in [2.24, 2.45) is 0 Å². The Kier molecular flexibility index (Phi) is 4.11. The van der Waals surface area contributed by atoms with Gasteiger partial charge in [0, 0.05) is 10.9 Å². The summed E-state index contributed by atoms with van der Waals surface area (Å²) in [5, 5.41) is 11.2. The van der Waals surface area contributed by atoms with Crippen molar-refractivity contribution in [2.75, 3.05) is 0 Å². The molecule has 0 bridgehead atoms. The molecular formula is C13H12FNO4S2. The SMILES string of the molecule is Cc1nc(CS(=O)(=O)c2cc(C(=O)O)cc(F)c2C)cs1. The van der Waals surface area contributed by atoms with E-state index in [-0.39, 0.29) is 16.2 Å². The molecule has 5 nitrogen and oxygen atoms in total. The van der Waals surface area contributed by atoms with Crippen molar-refractivity contribution in [1.82, 2.24) is 4.98 Å². The Morgan fingerprint density at radius 2 is 2.05 bits per heavy atom. The third-order valence-electron chi connectivity index (χ3n) is 2.88. The van der Waals surface area contributed by atoms with Gasteiger partial charge in [-0.15, -0.1) is 11.3 Å². The Balaban J connectivity index is 2.51. The highest BCUT2D eigenvalue weighted by Gasteiger charge is 2.23. The Bertz CT molecular complexity index is 812. The third kappa shape index (κ3) is 3.27. The van der Waals surface area contributed by atoms with E-state index in [0.717, 1.165) is 17.1 Å². The predicted molar refractivity (Wildman–Crippen MR) is 75.8 cm³/mol. The zero-order valence-corrected chi connectivity index (χ0v) is 12.9. The summed E-state index contributed by atoms with van der Waals surface area (Å²) >= 11 is 1.31. The first-order valence-corrected chi connectivity index (χ1v) is 8.41. The summed E-state index contributed by atoms with van der Waals surface area (Å²) in [6.45, 7) is 3.05. The second kappa shape index (κ2) is 5.53. The molecule has 0 amide bonds. The number of nitrogens with zero attached hydrogens (tertiary/aromatic N) is 1. The molecule has 1 aromatic heterocycles. The highest BCUT2D eigenvalue weighted by molar-refractivity contribution is 7.90. The molecule has 8 heteroatoms. The van der Waals surface area contributed by atoms with Crippen LogP contribution in [0.25, 0.3) is 0 Å². The average molecular weight is 329 g/mol. The molecule has 0 unspecified atom stereocenters. The van der Waals surface area contributed by atoms with Crippen LogP contribution in [-0.4, -0.2) is 24.5 Å². The van der Waals surface area contributed by atoms with E-state index in [2.05, 4.69) is 4.98 Å². The first kappa shape index (κ1) is 15.6. The van der Waals surface area contributed by atoms with E-state index in [1.165, 1.54) is 18.3 Å². The summed E-state index contributed by atoms with van der Waals surface area (Å²) in [5.41, 5.74) is -0.129. The Morgan fingerprint density at radius 1 is 1.38 bits per heavy atom. The van der Waals surface area contributed by atoms with Crippen LogP contribution in [0.4, 0.5) is 4.39 Å². The minimum atomic E-state index is -3.87. The minimum absolute atomic E-state index is 0.0908. The number of benzene rings is 1. The molecule has 0 aliphatic heterocycles. The Labute approximate surface area is 125 Å². The van der Waals surface area contributed by atoms with Gasteiger partial charge in [-0.1, -0.05) is 0 Å². The topological polar surface area (TPSA) is 84.3 Å². The van der Waals surface area contributed by atoms with E-state index in [9.17, 15) is 17.6 Å². The van der Waals surface area contributed by atoms with Crippen molar-refractivity contribution in [2.45, 2.75) is 24.5 Å². The predicted octanol–water partition coefficient (Wildman–Crippen LogP) is 2.57. The zero-order chi connectivity index (χ0) is 15.8. The number of aryl methyl sites for hydroxylation is 1. The first-order valence-electron chi connectivity index (χ1n) is 5.88. The normalized spacial score (nSPS) is 11.6. The van der Waals surface area contributed by atoms with Gasteiger partial charge < -0.3 is 5.11 Å². The number of carboxylic acids is 1. The molecule has 2 aromatic rings. The van der Waals surface area contributed by atoms with Crippen molar-refractivity contribution in [3.8, 4) is 0 Å². The minimum Gasteiger partial charge on any atom is -0.478 e. The Morgan fingerprint density at radius 3 is 2.57 bits per heavy atom. The van der Waals surface area contributed by atoms with Gasteiger partial charge in [0.2, 0.25) is 0 Å². The standard InChI is InChI=1S/C13H12FNO4S2/c1-7-11(14)3-9(13(16)17)4-12(7)21(18,19)6-10-5-20-8(2)15-10/h3-5H,6H2,1-2H3,(H,16,17).